The number of piperidine rings is 1. The molecule has 6 nitrogen and oxygen atoms in total. The summed E-state index contributed by atoms with van der Waals surface area (Å²) in [5.74, 6) is -1.57. The number of amides is 3. The lowest BCUT2D eigenvalue weighted by molar-refractivity contribution is -0.136. The van der Waals surface area contributed by atoms with Crippen molar-refractivity contribution in [1.29, 1.82) is 0 Å². The Bertz CT molecular complexity index is 646. The Hall–Kier alpha value is -2.37. The minimum atomic E-state index is -1.75. The molecule has 1 aromatic carbocycles. The largest absolute Gasteiger partial charge is 0.398 e. The van der Waals surface area contributed by atoms with E-state index < -0.39 is 23.7 Å². The van der Waals surface area contributed by atoms with Crippen LogP contribution in [0.3, 0.4) is 0 Å². The molecule has 0 aliphatic carbocycles. The molecule has 2 heterocycles. The molecular weight excluding hydrogens is 246 g/mol. The van der Waals surface area contributed by atoms with Crippen molar-refractivity contribution >= 4 is 23.4 Å². The zero-order valence-electron chi connectivity index (χ0n) is 11.1. The predicted octanol–water partition coefficient (Wildman–Crippen LogP) is 0.0298. The molecule has 19 heavy (non-hydrogen) atoms. The summed E-state index contributed by atoms with van der Waals surface area (Å²) in [7, 11) is 0. The first-order chi connectivity index (χ1) is 9.43. The van der Waals surface area contributed by atoms with Crippen molar-refractivity contribution in [2.24, 2.45) is 0 Å². The van der Waals surface area contributed by atoms with E-state index >= 15 is 0 Å². The van der Waals surface area contributed by atoms with E-state index in [4.69, 9.17) is 7.10 Å². The number of nitrogens with two attached hydrogens (primary N) is 1. The number of carbonyl (C=O) groups is 3. The van der Waals surface area contributed by atoms with Crippen LogP contribution in [-0.4, -0.2) is 28.6 Å². The standard InChI is InChI=1S/C13H13N3O3/c14-9-3-1-2-7-8(9)6-16(13(7)19)10-4-5-11(17)15-12(10)18/h1-3,10H,4-6,14H2,(H,15,17,18)/t10-/m0/s1/i10D. The first kappa shape index (κ1) is 10.5. The lowest BCUT2D eigenvalue weighted by Crippen LogP contribution is -2.52. The molecule has 1 aromatic rings. The van der Waals surface area contributed by atoms with Crippen LogP contribution in [0.4, 0.5) is 5.69 Å². The zero-order chi connectivity index (χ0) is 14.5. The molecule has 0 radical (unpaired) electrons. The number of benzene rings is 1. The van der Waals surface area contributed by atoms with Gasteiger partial charge in [-0.25, -0.2) is 0 Å². The number of hydrogen-bond acceptors (Lipinski definition) is 4. The lowest BCUT2D eigenvalue weighted by Gasteiger charge is -2.29. The molecule has 6 heteroatoms. The topological polar surface area (TPSA) is 92.5 Å². The van der Waals surface area contributed by atoms with Gasteiger partial charge in [0.25, 0.3) is 5.91 Å². The number of rotatable bonds is 1. The minimum Gasteiger partial charge on any atom is -0.398 e. The van der Waals surface area contributed by atoms with Crippen LogP contribution in [0.1, 0.15) is 30.1 Å². The Morgan fingerprint density at radius 2 is 2.16 bits per heavy atom. The summed E-state index contributed by atoms with van der Waals surface area (Å²) >= 11 is 0. The molecule has 1 saturated heterocycles. The Balaban J connectivity index is 1.98. The second kappa shape index (κ2) is 4.08. The molecule has 0 aromatic heterocycles. The van der Waals surface area contributed by atoms with Crippen LogP contribution in [-0.2, 0) is 16.1 Å². The SMILES string of the molecule is [2H][C@]1(N2Cc3c(N)cccc3C2=O)CCC(=O)NC1=O. The summed E-state index contributed by atoms with van der Waals surface area (Å²) in [5.41, 5.74) is 7.35. The Labute approximate surface area is 111 Å². The zero-order valence-corrected chi connectivity index (χ0v) is 10.1. The van der Waals surface area contributed by atoms with Gasteiger partial charge in [-0.3, -0.25) is 19.7 Å². The maximum atomic E-state index is 12.4. The number of fused-ring (bicyclic) bond motifs is 1. The molecule has 0 bridgehead atoms. The summed E-state index contributed by atoms with van der Waals surface area (Å²) in [4.78, 5) is 36.7. The van der Waals surface area contributed by atoms with Crippen LogP contribution in [0, 0.1) is 0 Å². The van der Waals surface area contributed by atoms with Gasteiger partial charge in [-0.15, -0.1) is 0 Å². The molecule has 2 aliphatic rings. The summed E-state index contributed by atoms with van der Waals surface area (Å²) in [6.07, 6.45) is 0.0438. The van der Waals surface area contributed by atoms with E-state index in [2.05, 4.69) is 5.32 Å². The third-order valence-corrected chi connectivity index (χ3v) is 3.43. The first-order valence-corrected chi connectivity index (χ1v) is 5.97. The maximum Gasteiger partial charge on any atom is 0.255 e. The van der Waals surface area contributed by atoms with Crippen molar-refractivity contribution in [3.63, 3.8) is 0 Å². The molecule has 2 aliphatic heterocycles. The average molecular weight is 260 g/mol. The molecule has 0 saturated carbocycles. The summed E-state index contributed by atoms with van der Waals surface area (Å²) in [6, 6.07) is 3.22. The van der Waals surface area contributed by atoms with Crippen molar-refractivity contribution in [1.82, 2.24) is 10.2 Å². The molecule has 3 N–H and O–H groups in total. The van der Waals surface area contributed by atoms with Gasteiger partial charge in [0.2, 0.25) is 11.8 Å². The Morgan fingerprint density at radius 3 is 2.84 bits per heavy atom. The highest BCUT2D eigenvalue weighted by Crippen LogP contribution is 2.30. The van der Waals surface area contributed by atoms with Gasteiger partial charge in [0.15, 0.2) is 0 Å². The summed E-state index contributed by atoms with van der Waals surface area (Å²) < 4.78 is 8.29. The number of nitrogens with zero attached hydrogens (tertiary/aromatic N) is 1. The highest BCUT2D eigenvalue weighted by molar-refractivity contribution is 6.06. The monoisotopic (exact) mass is 260 g/mol. The van der Waals surface area contributed by atoms with Gasteiger partial charge in [0.05, 0.1) is 1.37 Å². The van der Waals surface area contributed by atoms with Crippen molar-refractivity contribution in [2.75, 3.05) is 5.73 Å². The van der Waals surface area contributed by atoms with Gasteiger partial charge in [0, 0.05) is 29.8 Å². The molecule has 1 atom stereocenters. The third kappa shape index (κ3) is 1.76. The fraction of sp³-hybridized carbons (Fsp3) is 0.308. The van der Waals surface area contributed by atoms with Gasteiger partial charge < -0.3 is 10.6 Å². The normalized spacial score (nSPS) is 27.1. The Morgan fingerprint density at radius 1 is 1.37 bits per heavy atom. The molecule has 3 amide bonds. The molecule has 3 rings (SSSR count). The average Bonchev–Trinajstić information content (AvgIpc) is 2.75. The van der Waals surface area contributed by atoms with Gasteiger partial charge in [0.1, 0.15) is 6.02 Å². The predicted molar refractivity (Wildman–Crippen MR) is 66.9 cm³/mol. The van der Waals surface area contributed by atoms with Crippen molar-refractivity contribution in [2.45, 2.75) is 25.4 Å². The lowest BCUT2D eigenvalue weighted by atomic mass is 10.0. The van der Waals surface area contributed by atoms with E-state index in [-0.39, 0.29) is 19.4 Å². The van der Waals surface area contributed by atoms with E-state index in [9.17, 15) is 14.4 Å². The molecular formula is C13H13N3O3. The smallest absolute Gasteiger partial charge is 0.255 e. The number of nitrogen functional groups attached to an aromatic ring is 1. The van der Waals surface area contributed by atoms with Crippen LogP contribution in [0.5, 0.6) is 0 Å². The van der Waals surface area contributed by atoms with Gasteiger partial charge in [-0.2, -0.15) is 0 Å². The maximum absolute atomic E-state index is 12.4. The number of nitrogens with one attached hydrogen (secondary N) is 1. The Kier molecular flexibility index (Phi) is 2.26. The van der Waals surface area contributed by atoms with E-state index in [1.165, 1.54) is 4.90 Å². The van der Waals surface area contributed by atoms with Crippen LogP contribution in [0.15, 0.2) is 18.2 Å². The summed E-state index contributed by atoms with van der Waals surface area (Å²) in [5, 5.41) is 2.12. The highest BCUT2D eigenvalue weighted by atomic mass is 16.2. The first-order valence-electron chi connectivity index (χ1n) is 6.47. The number of anilines is 1. The second-order valence-corrected chi connectivity index (χ2v) is 4.59. The number of hydrogen-bond donors (Lipinski definition) is 2. The van der Waals surface area contributed by atoms with Gasteiger partial charge in [-0.1, -0.05) is 6.07 Å². The van der Waals surface area contributed by atoms with Crippen LogP contribution in [0.25, 0.3) is 0 Å². The van der Waals surface area contributed by atoms with Crippen molar-refractivity contribution < 1.29 is 15.8 Å². The van der Waals surface area contributed by atoms with Crippen molar-refractivity contribution in [3.05, 3.63) is 29.3 Å². The van der Waals surface area contributed by atoms with Crippen LogP contribution >= 0.6 is 0 Å². The third-order valence-electron chi connectivity index (χ3n) is 3.43. The molecule has 0 spiro atoms. The van der Waals surface area contributed by atoms with E-state index in [1.807, 2.05) is 0 Å². The van der Waals surface area contributed by atoms with E-state index in [1.54, 1.807) is 18.2 Å². The fourth-order valence-corrected chi connectivity index (χ4v) is 2.44. The second-order valence-electron chi connectivity index (χ2n) is 4.59. The minimum absolute atomic E-state index is 0.00268. The molecule has 1 fully saturated rings. The van der Waals surface area contributed by atoms with Gasteiger partial charge in [-0.05, 0) is 18.6 Å². The van der Waals surface area contributed by atoms with Crippen molar-refractivity contribution in [3.8, 4) is 0 Å². The van der Waals surface area contributed by atoms with E-state index in [0.717, 1.165) is 0 Å². The molecule has 98 valence electrons. The van der Waals surface area contributed by atoms with Crippen LogP contribution in [0.2, 0.25) is 0 Å². The van der Waals surface area contributed by atoms with E-state index in [0.29, 0.717) is 16.8 Å². The number of imide groups is 1. The quantitative estimate of drug-likeness (QED) is 0.550. The summed E-state index contributed by atoms with van der Waals surface area (Å²) in [6.45, 7) is 0.117. The van der Waals surface area contributed by atoms with Gasteiger partial charge >= 0.3 is 0 Å². The molecule has 0 unspecified atom stereocenters. The van der Waals surface area contributed by atoms with Crippen LogP contribution < -0.4 is 11.1 Å². The number of carbonyl (C=O) groups excluding carboxylic acids is 3. The fourth-order valence-electron chi connectivity index (χ4n) is 2.44. The highest BCUT2D eigenvalue weighted by Gasteiger charge is 2.39.